The maximum Gasteiger partial charge on any atom is 0.167 e. The van der Waals surface area contributed by atoms with Crippen LogP contribution in [0.15, 0.2) is 17.7 Å². The molecule has 0 saturated heterocycles. The molecule has 0 spiro atoms. The van der Waals surface area contributed by atoms with Gasteiger partial charge in [0.2, 0.25) is 0 Å². The van der Waals surface area contributed by atoms with Gasteiger partial charge in [0.05, 0.1) is 0 Å². The molecule has 2 bridgehead atoms. The van der Waals surface area contributed by atoms with E-state index in [1.165, 1.54) is 47.1 Å². The average Bonchev–Trinajstić information content (AvgIpc) is 3.14. The molecule has 4 rings (SSSR count). The standard InChI is InChI=1S/C21H26O/c1-5-14-9-11(2)8-12(3)17(14)19-13(4)18-15-6-7-16(10-15)20(18)21(19)22/h8-9,15-16,18,20H,5-7,10H2,1-4H3/t15?,16?,18-,20+/m1/s1. The monoisotopic (exact) mass is 294 g/mol. The van der Waals surface area contributed by atoms with Gasteiger partial charge in [0, 0.05) is 11.5 Å². The Balaban J connectivity index is 1.88. The van der Waals surface area contributed by atoms with Crippen molar-refractivity contribution in [1.29, 1.82) is 0 Å². The summed E-state index contributed by atoms with van der Waals surface area (Å²) in [5, 5.41) is 0. The molecule has 1 aromatic rings. The predicted octanol–water partition coefficient (Wildman–Crippen LogP) is 4.88. The van der Waals surface area contributed by atoms with Crippen molar-refractivity contribution in [2.75, 3.05) is 0 Å². The highest BCUT2D eigenvalue weighted by atomic mass is 16.1. The van der Waals surface area contributed by atoms with Gasteiger partial charge in [-0.3, -0.25) is 4.79 Å². The number of hydrogen-bond acceptors (Lipinski definition) is 1. The quantitative estimate of drug-likeness (QED) is 0.759. The van der Waals surface area contributed by atoms with Gasteiger partial charge in [0.15, 0.2) is 5.78 Å². The number of benzene rings is 1. The fraction of sp³-hybridized carbons (Fsp3) is 0.571. The third kappa shape index (κ3) is 1.74. The summed E-state index contributed by atoms with van der Waals surface area (Å²) in [7, 11) is 0. The first-order valence-electron chi connectivity index (χ1n) is 8.88. The molecule has 0 radical (unpaired) electrons. The Kier molecular flexibility index (Phi) is 3.11. The lowest BCUT2D eigenvalue weighted by Gasteiger charge is -2.24. The summed E-state index contributed by atoms with van der Waals surface area (Å²) in [5.41, 5.74) is 7.72. The fourth-order valence-electron chi connectivity index (χ4n) is 5.83. The molecule has 2 saturated carbocycles. The highest BCUT2D eigenvalue weighted by molar-refractivity contribution is 6.26. The number of ketones is 1. The van der Waals surface area contributed by atoms with Gasteiger partial charge in [-0.05, 0) is 80.9 Å². The summed E-state index contributed by atoms with van der Waals surface area (Å²) >= 11 is 0. The molecule has 116 valence electrons. The first-order valence-corrected chi connectivity index (χ1v) is 8.88. The molecule has 3 aliphatic rings. The lowest BCUT2D eigenvalue weighted by Crippen LogP contribution is -2.24. The minimum atomic E-state index is 0.319. The lowest BCUT2D eigenvalue weighted by atomic mass is 9.79. The van der Waals surface area contributed by atoms with Gasteiger partial charge in [-0.15, -0.1) is 0 Å². The van der Waals surface area contributed by atoms with E-state index in [1.807, 2.05) is 0 Å². The Morgan fingerprint density at radius 2 is 1.73 bits per heavy atom. The minimum absolute atomic E-state index is 0.319. The van der Waals surface area contributed by atoms with Crippen molar-refractivity contribution < 1.29 is 4.79 Å². The van der Waals surface area contributed by atoms with E-state index in [4.69, 9.17) is 0 Å². The Bertz CT molecular complexity index is 694. The zero-order valence-corrected chi connectivity index (χ0v) is 14.2. The zero-order valence-electron chi connectivity index (χ0n) is 14.2. The molecular formula is C21H26O. The first-order chi connectivity index (χ1) is 10.5. The van der Waals surface area contributed by atoms with Crippen molar-refractivity contribution in [3.05, 3.63) is 40.0 Å². The summed E-state index contributed by atoms with van der Waals surface area (Å²) in [5.74, 6) is 2.81. The number of fused-ring (bicyclic) bond motifs is 5. The Morgan fingerprint density at radius 1 is 1.05 bits per heavy atom. The van der Waals surface area contributed by atoms with Crippen LogP contribution in [0, 0.1) is 37.5 Å². The van der Waals surface area contributed by atoms with Crippen molar-refractivity contribution in [3.63, 3.8) is 0 Å². The van der Waals surface area contributed by atoms with E-state index in [1.54, 1.807) is 0 Å². The van der Waals surface area contributed by atoms with Crippen molar-refractivity contribution in [3.8, 4) is 0 Å². The Labute approximate surface area is 133 Å². The van der Waals surface area contributed by atoms with E-state index in [0.29, 0.717) is 23.5 Å². The number of carbonyl (C=O) groups is 1. The van der Waals surface area contributed by atoms with Crippen LogP contribution in [-0.2, 0) is 11.2 Å². The average molecular weight is 294 g/mol. The number of rotatable bonds is 2. The molecule has 22 heavy (non-hydrogen) atoms. The van der Waals surface area contributed by atoms with Gasteiger partial charge < -0.3 is 0 Å². The smallest absolute Gasteiger partial charge is 0.167 e. The predicted molar refractivity (Wildman–Crippen MR) is 90.7 cm³/mol. The minimum Gasteiger partial charge on any atom is -0.294 e. The molecule has 0 aliphatic heterocycles. The van der Waals surface area contributed by atoms with Gasteiger partial charge >= 0.3 is 0 Å². The van der Waals surface area contributed by atoms with Crippen LogP contribution in [0.3, 0.4) is 0 Å². The SMILES string of the molecule is CCc1cc(C)cc(C)c1C1=C(C)[C@@H]2C3CCC(C3)[C@@H]2C1=O. The molecule has 4 atom stereocenters. The van der Waals surface area contributed by atoms with Crippen molar-refractivity contribution in [2.45, 2.75) is 53.4 Å². The molecule has 0 aromatic heterocycles. The normalized spacial score (nSPS) is 33.0. The van der Waals surface area contributed by atoms with Crippen LogP contribution in [0.5, 0.6) is 0 Å². The van der Waals surface area contributed by atoms with E-state index in [0.717, 1.165) is 17.9 Å². The second kappa shape index (κ2) is 4.81. The van der Waals surface area contributed by atoms with Crippen LogP contribution in [-0.4, -0.2) is 5.78 Å². The van der Waals surface area contributed by atoms with Crippen LogP contribution in [0.4, 0.5) is 0 Å². The molecule has 1 heteroatoms. The van der Waals surface area contributed by atoms with Gasteiger partial charge in [0.1, 0.15) is 0 Å². The molecule has 1 aromatic carbocycles. The van der Waals surface area contributed by atoms with E-state index < -0.39 is 0 Å². The van der Waals surface area contributed by atoms with Crippen molar-refractivity contribution >= 4 is 11.4 Å². The van der Waals surface area contributed by atoms with E-state index >= 15 is 0 Å². The largest absolute Gasteiger partial charge is 0.294 e. The zero-order chi connectivity index (χ0) is 15.6. The summed E-state index contributed by atoms with van der Waals surface area (Å²) in [6.07, 6.45) is 4.94. The van der Waals surface area contributed by atoms with Crippen molar-refractivity contribution in [1.82, 2.24) is 0 Å². The van der Waals surface area contributed by atoms with Gasteiger partial charge in [-0.1, -0.05) is 30.2 Å². The highest BCUT2D eigenvalue weighted by Crippen LogP contribution is 2.60. The molecule has 0 heterocycles. The highest BCUT2D eigenvalue weighted by Gasteiger charge is 2.56. The van der Waals surface area contributed by atoms with E-state index in [-0.39, 0.29) is 0 Å². The fourth-order valence-corrected chi connectivity index (χ4v) is 5.83. The first kappa shape index (κ1) is 14.2. The summed E-state index contributed by atoms with van der Waals surface area (Å²) < 4.78 is 0. The molecule has 2 fully saturated rings. The third-order valence-electron chi connectivity index (χ3n) is 6.55. The van der Waals surface area contributed by atoms with E-state index in [2.05, 4.69) is 39.8 Å². The molecule has 3 aliphatic carbocycles. The summed E-state index contributed by atoms with van der Waals surface area (Å²) in [6, 6.07) is 4.52. The van der Waals surface area contributed by atoms with Crippen LogP contribution < -0.4 is 0 Å². The Hall–Kier alpha value is -1.37. The second-order valence-corrected chi connectivity index (χ2v) is 7.78. The number of aryl methyl sites for hydroxylation is 3. The van der Waals surface area contributed by atoms with E-state index in [9.17, 15) is 4.79 Å². The van der Waals surface area contributed by atoms with Crippen LogP contribution in [0.1, 0.15) is 55.4 Å². The van der Waals surface area contributed by atoms with Crippen LogP contribution in [0.25, 0.3) is 5.57 Å². The molecule has 0 N–H and O–H groups in total. The maximum atomic E-state index is 13.2. The summed E-state index contributed by atoms with van der Waals surface area (Å²) in [4.78, 5) is 13.2. The molecule has 1 nitrogen and oxygen atoms in total. The van der Waals surface area contributed by atoms with Gasteiger partial charge in [0.25, 0.3) is 0 Å². The topological polar surface area (TPSA) is 17.1 Å². The van der Waals surface area contributed by atoms with Crippen LogP contribution in [0.2, 0.25) is 0 Å². The second-order valence-electron chi connectivity index (χ2n) is 7.78. The Morgan fingerprint density at radius 3 is 2.36 bits per heavy atom. The lowest BCUT2D eigenvalue weighted by molar-refractivity contribution is -0.118. The summed E-state index contributed by atoms with van der Waals surface area (Å²) in [6.45, 7) is 8.79. The maximum absolute atomic E-state index is 13.2. The van der Waals surface area contributed by atoms with Gasteiger partial charge in [-0.25, -0.2) is 0 Å². The number of hydrogen-bond donors (Lipinski definition) is 0. The molecule has 2 unspecified atom stereocenters. The van der Waals surface area contributed by atoms with Crippen LogP contribution >= 0.6 is 0 Å². The third-order valence-corrected chi connectivity index (χ3v) is 6.55. The molecule has 0 amide bonds. The number of Topliss-reactive ketones (excluding diaryl/α,β-unsaturated/α-hetero) is 1. The number of carbonyl (C=O) groups excluding carboxylic acids is 1. The molecular weight excluding hydrogens is 268 g/mol. The number of allylic oxidation sites excluding steroid dienone is 2. The van der Waals surface area contributed by atoms with Crippen molar-refractivity contribution in [2.24, 2.45) is 23.7 Å². The van der Waals surface area contributed by atoms with Gasteiger partial charge in [-0.2, -0.15) is 0 Å².